The van der Waals surface area contributed by atoms with E-state index in [0.717, 1.165) is 27.7 Å². The number of pyridine rings is 1. The smallest absolute Gasteiger partial charge is 0.294 e. The molecule has 4 rings (SSSR count). The average Bonchev–Trinajstić information content (AvgIpc) is 3.20. The Bertz CT molecular complexity index is 1160. The first kappa shape index (κ1) is 16.8. The van der Waals surface area contributed by atoms with Crippen molar-refractivity contribution in [3.8, 4) is 0 Å². The first-order valence-electron chi connectivity index (χ1n) is 8.65. The summed E-state index contributed by atoms with van der Waals surface area (Å²) in [6.45, 7) is 2.23. The van der Waals surface area contributed by atoms with Gasteiger partial charge in [-0.25, -0.2) is 0 Å². The van der Waals surface area contributed by atoms with E-state index in [-0.39, 0.29) is 23.8 Å². The van der Waals surface area contributed by atoms with Gasteiger partial charge < -0.3 is 14.3 Å². The third kappa shape index (κ3) is 3.40. The number of nitrogens with zero attached hydrogens (tertiary/aromatic N) is 1. The van der Waals surface area contributed by atoms with Crippen molar-refractivity contribution in [3.05, 3.63) is 100 Å². The van der Waals surface area contributed by atoms with Crippen molar-refractivity contribution in [1.29, 1.82) is 0 Å². The lowest BCUT2D eigenvalue weighted by Gasteiger charge is -2.23. The second-order valence-corrected chi connectivity index (χ2v) is 6.41. The van der Waals surface area contributed by atoms with E-state index in [9.17, 15) is 9.59 Å². The number of anilines is 1. The molecule has 0 fully saturated rings. The Hall–Kier alpha value is -3.60. The molecule has 0 unspecified atom stereocenters. The molecule has 4 aromatic rings. The van der Waals surface area contributed by atoms with Crippen LogP contribution in [0.4, 0.5) is 5.69 Å². The fraction of sp³-hybridized carbons (Fsp3) is 0.0909. The number of hydrogen-bond donors (Lipinski definition) is 1. The van der Waals surface area contributed by atoms with Gasteiger partial charge in [-0.15, -0.1) is 0 Å². The van der Waals surface area contributed by atoms with E-state index in [1.807, 2.05) is 55.5 Å². The number of hydrogen-bond acceptors (Lipinski definition) is 3. The van der Waals surface area contributed by atoms with Gasteiger partial charge in [0.1, 0.15) is 0 Å². The van der Waals surface area contributed by atoms with Crippen LogP contribution in [0.3, 0.4) is 0 Å². The lowest BCUT2D eigenvalue weighted by Crippen LogP contribution is -2.30. The van der Waals surface area contributed by atoms with Gasteiger partial charge in [0, 0.05) is 22.7 Å². The summed E-state index contributed by atoms with van der Waals surface area (Å²) in [6, 6.07) is 20.1. The van der Waals surface area contributed by atoms with E-state index < -0.39 is 0 Å². The fourth-order valence-electron chi connectivity index (χ4n) is 3.19. The van der Waals surface area contributed by atoms with Gasteiger partial charge in [-0.05, 0) is 48.4 Å². The van der Waals surface area contributed by atoms with Crippen LogP contribution < -0.4 is 10.5 Å². The number of carbonyl (C=O) groups is 1. The SMILES string of the molecule is Cc1cccc(N(Cc2cc(=O)[nH]c3ccccc23)C(=O)c2ccco2)c1. The number of furan rings is 1. The standard InChI is InChI=1S/C22H18N2O3/c1-15-6-4-7-17(12-15)24(22(26)20-10-5-11-27-20)14-16-13-21(25)23-19-9-3-2-8-18(16)19/h2-13H,14H2,1H3,(H,23,25). The topological polar surface area (TPSA) is 66.3 Å². The molecule has 5 nitrogen and oxygen atoms in total. The maximum atomic E-state index is 13.1. The summed E-state index contributed by atoms with van der Waals surface area (Å²) in [5, 5.41) is 0.905. The van der Waals surface area contributed by atoms with Gasteiger partial charge in [0.05, 0.1) is 12.8 Å². The first-order valence-corrected chi connectivity index (χ1v) is 8.65. The zero-order valence-electron chi connectivity index (χ0n) is 14.8. The second kappa shape index (κ2) is 6.96. The summed E-state index contributed by atoms with van der Waals surface area (Å²) in [4.78, 5) is 29.7. The molecule has 0 saturated carbocycles. The molecular formula is C22H18N2O3. The molecule has 5 heteroatoms. The van der Waals surface area contributed by atoms with Gasteiger partial charge in [-0.2, -0.15) is 0 Å². The number of amides is 1. The van der Waals surface area contributed by atoms with Crippen LogP contribution in [-0.2, 0) is 6.54 Å². The van der Waals surface area contributed by atoms with Crippen molar-refractivity contribution in [1.82, 2.24) is 4.98 Å². The molecule has 1 N–H and O–H groups in total. The summed E-state index contributed by atoms with van der Waals surface area (Å²) in [7, 11) is 0. The van der Waals surface area contributed by atoms with Gasteiger partial charge in [-0.1, -0.05) is 30.3 Å². The number of rotatable bonds is 4. The molecule has 0 aliphatic heterocycles. The highest BCUT2D eigenvalue weighted by atomic mass is 16.3. The molecule has 0 radical (unpaired) electrons. The molecule has 0 bridgehead atoms. The lowest BCUT2D eigenvalue weighted by molar-refractivity contribution is 0.0958. The molecule has 0 spiro atoms. The second-order valence-electron chi connectivity index (χ2n) is 6.41. The van der Waals surface area contributed by atoms with Crippen molar-refractivity contribution in [2.24, 2.45) is 0 Å². The van der Waals surface area contributed by atoms with Gasteiger partial charge in [0.25, 0.3) is 5.91 Å². The van der Waals surface area contributed by atoms with Crippen molar-refractivity contribution in [3.63, 3.8) is 0 Å². The molecule has 2 heterocycles. The number of fused-ring (bicyclic) bond motifs is 1. The molecule has 2 aromatic heterocycles. The molecule has 0 atom stereocenters. The Labute approximate surface area is 155 Å². The zero-order chi connectivity index (χ0) is 18.8. The minimum absolute atomic E-state index is 0.196. The number of H-pyrrole nitrogens is 1. The molecule has 0 aliphatic rings. The number of aromatic amines is 1. The van der Waals surface area contributed by atoms with E-state index in [2.05, 4.69) is 4.98 Å². The summed E-state index contributed by atoms with van der Waals surface area (Å²) < 4.78 is 5.32. The molecule has 1 amide bonds. The quantitative estimate of drug-likeness (QED) is 0.592. The predicted molar refractivity (Wildman–Crippen MR) is 105 cm³/mol. The Morgan fingerprint density at radius 1 is 1.04 bits per heavy atom. The Balaban J connectivity index is 1.83. The number of aromatic nitrogens is 1. The minimum atomic E-state index is -0.255. The third-order valence-electron chi connectivity index (χ3n) is 4.46. The van der Waals surface area contributed by atoms with E-state index in [1.54, 1.807) is 23.1 Å². The van der Waals surface area contributed by atoms with E-state index in [4.69, 9.17) is 4.42 Å². The van der Waals surface area contributed by atoms with Crippen molar-refractivity contribution in [2.45, 2.75) is 13.5 Å². The number of aryl methyl sites for hydroxylation is 1. The van der Waals surface area contributed by atoms with Gasteiger partial charge >= 0.3 is 0 Å². The highest BCUT2D eigenvalue weighted by Gasteiger charge is 2.21. The Morgan fingerprint density at radius 3 is 2.67 bits per heavy atom. The maximum Gasteiger partial charge on any atom is 0.294 e. The number of carbonyl (C=O) groups excluding carboxylic acids is 1. The van der Waals surface area contributed by atoms with E-state index in [1.165, 1.54) is 6.26 Å². The first-order chi connectivity index (χ1) is 13.1. The summed E-state index contributed by atoms with van der Waals surface area (Å²) >= 11 is 0. The number of benzene rings is 2. The van der Waals surface area contributed by atoms with Gasteiger partial charge in [0.15, 0.2) is 5.76 Å². The molecule has 2 aromatic carbocycles. The monoisotopic (exact) mass is 358 g/mol. The van der Waals surface area contributed by atoms with Gasteiger partial charge in [0.2, 0.25) is 5.56 Å². The van der Waals surface area contributed by atoms with Crippen LogP contribution >= 0.6 is 0 Å². The highest BCUT2D eigenvalue weighted by Crippen LogP contribution is 2.24. The molecule has 0 saturated heterocycles. The van der Waals surface area contributed by atoms with Crippen LogP contribution in [0.5, 0.6) is 0 Å². The number of nitrogens with one attached hydrogen (secondary N) is 1. The molecular weight excluding hydrogens is 340 g/mol. The van der Waals surface area contributed by atoms with Crippen LogP contribution in [0, 0.1) is 6.92 Å². The zero-order valence-corrected chi connectivity index (χ0v) is 14.8. The summed E-state index contributed by atoms with van der Waals surface area (Å²) in [5.41, 5.74) is 3.12. The van der Waals surface area contributed by atoms with Crippen molar-refractivity contribution < 1.29 is 9.21 Å². The molecule has 134 valence electrons. The van der Waals surface area contributed by atoms with E-state index >= 15 is 0 Å². The maximum absolute atomic E-state index is 13.1. The minimum Gasteiger partial charge on any atom is -0.459 e. The lowest BCUT2D eigenvalue weighted by atomic mass is 10.1. The van der Waals surface area contributed by atoms with Crippen LogP contribution in [0.2, 0.25) is 0 Å². The summed E-state index contributed by atoms with van der Waals surface area (Å²) in [6.07, 6.45) is 1.48. The third-order valence-corrected chi connectivity index (χ3v) is 4.46. The van der Waals surface area contributed by atoms with E-state index in [0.29, 0.717) is 0 Å². The van der Waals surface area contributed by atoms with Crippen molar-refractivity contribution in [2.75, 3.05) is 4.90 Å². The largest absolute Gasteiger partial charge is 0.459 e. The van der Waals surface area contributed by atoms with Crippen molar-refractivity contribution >= 4 is 22.5 Å². The fourth-order valence-corrected chi connectivity index (χ4v) is 3.19. The van der Waals surface area contributed by atoms with Crippen LogP contribution in [0.15, 0.2) is 82.2 Å². The predicted octanol–water partition coefficient (Wildman–Crippen LogP) is 4.28. The van der Waals surface area contributed by atoms with Crippen LogP contribution in [0.25, 0.3) is 10.9 Å². The van der Waals surface area contributed by atoms with Crippen LogP contribution in [-0.4, -0.2) is 10.9 Å². The highest BCUT2D eigenvalue weighted by molar-refractivity contribution is 6.04. The average molecular weight is 358 g/mol. The Morgan fingerprint density at radius 2 is 1.89 bits per heavy atom. The van der Waals surface area contributed by atoms with Crippen LogP contribution in [0.1, 0.15) is 21.7 Å². The van der Waals surface area contributed by atoms with Gasteiger partial charge in [-0.3, -0.25) is 9.59 Å². The summed E-state index contributed by atoms with van der Waals surface area (Å²) in [5.74, 6) is 0.000569. The normalized spacial score (nSPS) is 10.9. The molecule has 27 heavy (non-hydrogen) atoms. The Kier molecular flexibility index (Phi) is 4.34. The molecule has 0 aliphatic carbocycles. The number of para-hydroxylation sites is 1.